The van der Waals surface area contributed by atoms with E-state index >= 15 is 0 Å². The smallest absolute Gasteiger partial charge is 0.238 e. The molecule has 1 aliphatic carbocycles. The fourth-order valence-electron chi connectivity index (χ4n) is 2.97. The number of aromatic nitrogens is 5. The molecule has 9 heteroatoms. The maximum atomic E-state index is 12.8. The van der Waals surface area contributed by atoms with Crippen molar-refractivity contribution < 1.29 is 4.79 Å². The van der Waals surface area contributed by atoms with Crippen molar-refractivity contribution in [2.75, 3.05) is 5.32 Å². The number of thioether (sulfide) groups is 1. The second-order valence-electron chi connectivity index (χ2n) is 7.05. The van der Waals surface area contributed by atoms with Gasteiger partial charge in [-0.1, -0.05) is 24.8 Å². The maximum absolute atomic E-state index is 12.8. The van der Waals surface area contributed by atoms with E-state index in [9.17, 15) is 4.79 Å². The number of thiophene rings is 1. The molecule has 0 spiro atoms. The largest absolute Gasteiger partial charge is 0.310 e. The van der Waals surface area contributed by atoms with Crippen molar-refractivity contribution in [1.82, 2.24) is 24.5 Å². The monoisotopic (exact) mass is 416 g/mol. The highest BCUT2D eigenvalue weighted by Crippen LogP contribution is 2.42. The number of rotatable bonds is 8. The lowest BCUT2D eigenvalue weighted by molar-refractivity contribution is -0.115. The number of nitrogens with zero attached hydrogens (tertiary/aromatic N) is 5. The standard InChI is InChI=1S/C19H24N6OS2/c1-4-12(2)25-16(9-10-20-25)21-18(26)13(3)28-19-23-22-17(15-6-5-11-27-15)24(19)14-7-8-14/h5-6,9-14H,4,7-8H2,1-3H3,(H,21,26)/t12-,13-/m1/s1. The van der Waals surface area contributed by atoms with Crippen LogP contribution in [0, 0.1) is 0 Å². The third kappa shape index (κ3) is 3.86. The summed E-state index contributed by atoms with van der Waals surface area (Å²) >= 11 is 3.12. The van der Waals surface area contributed by atoms with Gasteiger partial charge in [-0.3, -0.25) is 9.36 Å². The first-order chi connectivity index (χ1) is 13.6. The summed E-state index contributed by atoms with van der Waals surface area (Å²) < 4.78 is 4.06. The van der Waals surface area contributed by atoms with E-state index in [1.54, 1.807) is 17.5 Å². The van der Waals surface area contributed by atoms with Crippen molar-refractivity contribution in [2.24, 2.45) is 0 Å². The molecule has 2 atom stereocenters. The zero-order valence-electron chi connectivity index (χ0n) is 16.2. The van der Waals surface area contributed by atoms with Crippen LogP contribution >= 0.6 is 23.1 Å². The van der Waals surface area contributed by atoms with Crippen LogP contribution < -0.4 is 5.32 Å². The third-order valence-corrected chi connectivity index (χ3v) is 6.82. The highest BCUT2D eigenvalue weighted by molar-refractivity contribution is 8.00. The molecule has 7 nitrogen and oxygen atoms in total. The van der Waals surface area contributed by atoms with Gasteiger partial charge in [0.1, 0.15) is 5.82 Å². The average molecular weight is 417 g/mol. The van der Waals surface area contributed by atoms with Crippen LogP contribution in [0.2, 0.25) is 0 Å². The molecule has 4 rings (SSSR count). The van der Waals surface area contributed by atoms with Gasteiger partial charge in [0, 0.05) is 12.1 Å². The summed E-state index contributed by atoms with van der Waals surface area (Å²) in [4.78, 5) is 13.9. The zero-order valence-corrected chi connectivity index (χ0v) is 17.8. The van der Waals surface area contributed by atoms with Crippen LogP contribution in [0.15, 0.2) is 34.9 Å². The fourth-order valence-corrected chi connectivity index (χ4v) is 4.59. The Labute approximate surface area is 172 Å². The Hall–Kier alpha value is -2.13. The van der Waals surface area contributed by atoms with Crippen molar-refractivity contribution in [3.63, 3.8) is 0 Å². The average Bonchev–Trinajstić information content (AvgIpc) is 3.10. The molecule has 148 valence electrons. The minimum Gasteiger partial charge on any atom is -0.310 e. The summed E-state index contributed by atoms with van der Waals surface area (Å²) in [5.74, 6) is 1.58. The molecule has 0 saturated heterocycles. The third-order valence-electron chi connectivity index (χ3n) is 4.90. The second-order valence-corrected chi connectivity index (χ2v) is 9.31. The molecule has 1 fully saturated rings. The van der Waals surface area contributed by atoms with Gasteiger partial charge in [0.05, 0.1) is 22.4 Å². The van der Waals surface area contributed by atoms with Crippen molar-refractivity contribution in [3.8, 4) is 10.7 Å². The van der Waals surface area contributed by atoms with E-state index < -0.39 is 0 Å². The molecule has 0 unspecified atom stereocenters. The molecule has 3 aromatic rings. The van der Waals surface area contributed by atoms with Crippen molar-refractivity contribution in [1.29, 1.82) is 0 Å². The first-order valence-electron chi connectivity index (χ1n) is 9.58. The molecule has 1 saturated carbocycles. The number of hydrogen-bond acceptors (Lipinski definition) is 6. The molecule has 28 heavy (non-hydrogen) atoms. The summed E-state index contributed by atoms with van der Waals surface area (Å²) in [5, 5.41) is 18.7. The fraction of sp³-hybridized carbons (Fsp3) is 0.474. The number of anilines is 1. The molecule has 0 aliphatic heterocycles. The minimum absolute atomic E-state index is 0.0573. The van der Waals surface area contributed by atoms with Crippen LogP contribution in [0.5, 0.6) is 0 Å². The Morgan fingerprint density at radius 3 is 2.86 bits per heavy atom. The lowest BCUT2D eigenvalue weighted by Gasteiger charge is -2.16. The summed E-state index contributed by atoms with van der Waals surface area (Å²) in [5.41, 5.74) is 0. The lowest BCUT2D eigenvalue weighted by atomic mass is 10.3. The van der Waals surface area contributed by atoms with Crippen molar-refractivity contribution >= 4 is 34.8 Å². The van der Waals surface area contributed by atoms with Crippen LogP contribution in [0.3, 0.4) is 0 Å². The molecule has 3 aromatic heterocycles. The predicted octanol–water partition coefficient (Wildman–Crippen LogP) is 4.63. The van der Waals surface area contributed by atoms with Crippen LogP contribution in [0.25, 0.3) is 10.7 Å². The molecule has 3 heterocycles. The van der Waals surface area contributed by atoms with Gasteiger partial charge in [0.25, 0.3) is 0 Å². The second kappa shape index (κ2) is 8.08. The van der Waals surface area contributed by atoms with Gasteiger partial charge in [0.15, 0.2) is 11.0 Å². The lowest BCUT2D eigenvalue weighted by Crippen LogP contribution is -2.25. The first-order valence-corrected chi connectivity index (χ1v) is 11.3. The molecule has 0 bridgehead atoms. The molecule has 1 aliphatic rings. The number of carbonyl (C=O) groups is 1. The Kier molecular flexibility index (Phi) is 5.54. The van der Waals surface area contributed by atoms with Gasteiger partial charge < -0.3 is 5.32 Å². The summed E-state index contributed by atoms with van der Waals surface area (Å²) in [6.07, 6.45) is 4.94. The van der Waals surface area contributed by atoms with E-state index in [1.807, 2.05) is 29.1 Å². The topological polar surface area (TPSA) is 77.6 Å². The molecule has 1 amide bonds. The van der Waals surface area contributed by atoms with E-state index in [2.05, 4.69) is 45.1 Å². The van der Waals surface area contributed by atoms with Crippen LogP contribution in [0.4, 0.5) is 5.82 Å². The van der Waals surface area contributed by atoms with Gasteiger partial charge in [-0.25, -0.2) is 4.68 Å². The Morgan fingerprint density at radius 1 is 1.36 bits per heavy atom. The van der Waals surface area contributed by atoms with Crippen LogP contribution in [-0.2, 0) is 4.79 Å². The number of carbonyl (C=O) groups excluding carboxylic acids is 1. The minimum atomic E-state index is -0.293. The van der Waals surface area contributed by atoms with Crippen LogP contribution in [-0.4, -0.2) is 35.7 Å². The summed E-state index contributed by atoms with van der Waals surface area (Å²) in [7, 11) is 0. The molecular weight excluding hydrogens is 392 g/mol. The van der Waals surface area contributed by atoms with E-state index in [4.69, 9.17) is 0 Å². The summed E-state index contributed by atoms with van der Waals surface area (Å²) in [6.45, 7) is 6.10. The first kappa shape index (κ1) is 19.2. The van der Waals surface area contributed by atoms with Gasteiger partial charge in [0.2, 0.25) is 5.91 Å². The SMILES string of the molecule is CC[C@@H](C)n1nccc1NC(=O)[C@@H](C)Sc1nnc(-c2cccs2)n1C1CC1. The van der Waals surface area contributed by atoms with Gasteiger partial charge in [-0.15, -0.1) is 21.5 Å². The van der Waals surface area contributed by atoms with Crippen LogP contribution in [0.1, 0.15) is 52.1 Å². The van der Waals surface area contributed by atoms with Gasteiger partial charge in [-0.2, -0.15) is 5.10 Å². The van der Waals surface area contributed by atoms with E-state index in [-0.39, 0.29) is 17.2 Å². The normalized spacial score (nSPS) is 16.1. The molecule has 1 N–H and O–H groups in total. The number of nitrogens with one attached hydrogen (secondary N) is 1. The van der Waals surface area contributed by atoms with Gasteiger partial charge >= 0.3 is 0 Å². The van der Waals surface area contributed by atoms with E-state index in [0.717, 1.165) is 40.9 Å². The van der Waals surface area contributed by atoms with Gasteiger partial charge in [-0.05, 0) is 44.6 Å². The maximum Gasteiger partial charge on any atom is 0.238 e. The zero-order chi connectivity index (χ0) is 19.7. The predicted molar refractivity (Wildman–Crippen MR) is 113 cm³/mol. The summed E-state index contributed by atoms with van der Waals surface area (Å²) in [6, 6.07) is 6.60. The molecule has 0 radical (unpaired) electrons. The Balaban J connectivity index is 1.49. The number of hydrogen-bond donors (Lipinski definition) is 1. The number of amides is 1. The molecule has 0 aromatic carbocycles. The van der Waals surface area contributed by atoms with E-state index in [1.165, 1.54) is 11.8 Å². The van der Waals surface area contributed by atoms with Crippen molar-refractivity contribution in [3.05, 3.63) is 29.8 Å². The highest BCUT2D eigenvalue weighted by atomic mass is 32.2. The van der Waals surface area contributed by atoms with E-state index in [0.29, 0.717) is 6.04 Å². The Bertz CT molecular complexity index is 944. The quantitative estimate of drug-likeness (QED) is 0.542. The highest BCUT2D eigenvalue weighted by Gasteiger charge is 2.32. The molecular formula is C19H24N6OS2. The van der Waals surface area contributed by atoms with Crippen molar-refractivity contribution in [2.45, 2.75) is 62.5 Å². The Morgan fingerprint density at radius 2 is 2.18 bits per heavy atom.